The van der Waals surface area contributed by atoms with Crippen LogP contribution in [0.15, 0.2) is 18.3 Å². The maximum Gasteiger partial charge on any atom is 0.229 e. The van der Waals surface area contributed by atoms with Crippen molar-refractivity contribution in [3.05, 3.63) is 18.3 Å². The second-order valence-electron chi connectivity index (χ2n) is 4.41. The molecule has 4 nitrogen and oxygen atoms in total. The van der Waals surface area contributed by atoms with Crippen molar-refractivity contribution in [2.45, 2.75) is 12.8 Å². The predicted molar refractivity (Wildman–Crippen MR) is 64.7 cm³/mol. The van der Waals surface area contributed by atoms with Gasteiger partial charge in [-0.3, -0.25) is 4.79 Å². The number of carbonyl (C=O) groups excluding carboxylic acids is 1. The van der Waals surface area contributed by atoms with Crippen molar-refractivity contribution < 1.29 is 4.79 Å². The smallest absolute Gasteiger partial charge is 0.229 e. The molecule has 1 saturated carbocycles. The summed E-state index contributed by atoms with van der Waals surface area (Å²) < 4.78 is 0. The zero-order chi connectivity index (χ0) is 11.7. The minimum absolute atomic E-state index is 0.205. The first kappa shape index (κ1) is 10.9. The molecule has 1 aromatic rings. The van der Waals surface area contributed by atoms with Gasteiger partial charge in [0.25, 0.3) is 0 Å². The Morgan fingerprint density at radius 1 is 1.38 bits per heavy atom. The minimum Gasteiger partial charge on any atom is -0.361 e. The number of hydrogen-bond donors (Lipinski definition) is 0. The van der Waals surface area contributed by atoms with E-state index in [0.29, 0.717) is 0 Å². The largest absolute Gasteiger partial charge is 0.361 e. The van der Waals surface area contributed by atoms with Gasteiger partial charge < -0.3 is 9.80 Å². The number of amides is 1. The van der Waals surface area contributed by atoms with Crippen LogP contribution in [0, 0.1) is 5.92 Å². The third-order valence-corrected chi connectivity index (χ3v) is 2.81. The Kier molecular flexibility index (Phi) is 2.81. The molecule has 1 aliphatic rings. The maximum absolute atomic E-state index is 12.0. The van der Waals surface area contributed by atoms with Gasteiger partial charge in [-0.25, -0.2) is 4.98 Å². The Bertz CT molecular complexity index is 399. The van der Waals surface area contributed by atoms with Crippen molar-refractivity contribution in [2.75, 3.05) is 30.9 Å². The van der Waals surface area contributed by atoms with E-state index in [-0.39, 0.29) is 11.8 Å². The second kappa shape index (κ2) is 4.12. The first-order valence-corrected chi connectivity index (χ1v) is 5.51. The van der Waals surface area contributed by atoms with Crippen molar-refractivity contribution in [3.8, 4) is 0 Å². The predicted octanol–water partition coefficient (Wildman–Crippen LogP) is 1.52. The summed E-state index contributed by atoms with van der Waals surface area (Å²) in [6.07, 6.45) is 3.80. The average molecular weight is 219 g/mol. The van der Waals surface area contributed by atoms with Crippen LogP contribution in [0.2, 0.25) is 0 Å². The van der Waals surface area contributed by atoms with Gasteiger partial charge in [0.15, 0.2) is 5.82 Å². The molecule has 0 N–H and O–H groups in total. The number of carbonyl (C=O) groups is 1. The van der Waals surface area contributed by atoms with Gasteiger partial charge in [-0.15, -0.1) is 0 Å². The van der Waals surface area contributed by atoms with Crippen molar-refractivity contribution in [2.24, 2.45) is 5.92 Å². The highest BCUT2D eigenvalue weighted by Gasteiger charge is 2.33. The lowest BCUT2D eigenvalue weighted by Gasteiger charge is -2.23. The van der Waals surface area contributed by atoms with Gasteiger partial charge in [-0.05, 0) is 25.0 Å². The summed E-state index contributed by atoms with van der Waals surface area (Å²) in [6.45, 7) is 0. The molecule has 1 aromatic heterocycles. The molecule has 1 amide bonds. The number of pyridine rings is 1. The maximum atomic E-state index is 12.0. The Labute approximate surface area is 95.9 Å². The lowest BCUT2D eigenvalue weighted by atomic mass is 10.3. The molecule has 0 bridgehead atoms. The summed E-state index contributed by atoms with van der Waals surface area (Å²) in [4.78, 5) is 19.9. The molecule has 16 heavy (non-hydrogen) atoms. The van der Waals surface area contributed by atoms with E-state index in [1.54, 1.807) is 11.1 Å². The van der Waals surface area contributed by atoms with Crippen LogP contribution >= 0.6 is 0 Å². The fraction of sp³-hybridized carbons (Fsp3) is 0.500. The summed E-state index contributed by atoms with van der Waals surface area (Å²) in [5.74, 6) is 1.27. The molecule has 0 aromatic carbocycles. The SMILES string of the molecule is CN(C)c1ncccc1N(C)C(=O)C1CC1. The van der Waals surface area contributed by atoms with E-state index in [4.69, 9.17) is 0 Å². The zero-order valence-corrected chi connectivity index (χ0v) is 9.97. The molecule has 0 spiro atoms. The van der Waals surface area contributed by atoms with Crippen molar-refractivity contribution in [1.29, 1.82) is 0 Å². The average Bonchev–Trinajstić information content (AvgIpc) is 3.11. The first-order valence-electron chi connectivity index (χ1n) is 5.51. The van der Waals surface area contributed by atoms with Crippen molar-refractivity contribution in [1.82, 2.24) is 4.98 Å². The Morgan fingerprint density at radius 2 is 2.06 bits per heavy atom. The molecule has 0 atom stereocenters. The molecule has 1 heterocycles. The highest BCUT2D eigenvalue weighted by molar-refractivity contribution is 5.98. The van der Waals surface area contributed by atoms with E-state index >= 15 is 0 Å². The van der Waals surface area contributed by atoms with E-state index in [0.717, 1.165) is 24.3 Å². The summed E-state index contributed by atoms with van der Waals surface area (Å²) in [6, 6.07) is 3.79. The van der Waals surface area contributed by atoms with Crippen LogP contribution in [0.25, 0.3) is 0 Å². The van der Waals surface area contributed by atoms with Gasteiger partial charge in [-0.2, -0.15) is 0 Å². The fourth-order valence-electron chi connectivity index (χ4n) is 1.72. The van der Waals surface area contributed by atoms with Gasteiger partial charge in [0.2, 0.25) is 5.91 Å². The highest BCUT2D eigenvalue weighted by atomic mass is 16.2. The zero-order valence-electron chi connectivity index (χ0n) is 9.97. The van der Waals surface area contributed by atoms with Crippen LogP contribution < -0.4 is 9.80 Å². The molecule has 0 radical (unpaired) electrons. The summed E-state index contributed by atoms with van der Waals surface area (Å²) in [7, 11) is 5.69. The van der Waals surface area contributed by atoms with E-state index < -0.39 is 0 Å². The Balaban J connectivity index is 2.27. The van der Waals surface area contributed by atoms with Crippen LogP contribution in [0.3, 0.4) is 0 Å². The monoisotopic (exact) mass is 219 g/mol. The van der Waals surface area contributed by atoms with E-state index in [1.165, 1.54) is 0 Å². The van der Waals surface area contributed by atoms with Crippen LogP contribution in [-0.2, 0) is 4.79 Å². The molecule has 4 heteroatoms. The molecule has 2 rings (SSSR count). The topological polar surface area (TPSA) is 36.4 Å². The highest BCUT2D eigenvalue weighted by Crippen LogP contribution is 2.34. The molecule has 1 aliphatic carbocycles. The quantitative estimate of drug-likeness (QED) is 0.773. The number of aromatic nitrogens is 1. The summed E-state index contributed by atoms with van der Waals surface area (Å²) in [5.41, 5.74) is 0.879. The molecular formula is C12H17N3O. The molecule has 0 saturated heterocycles. The Morgan fingerprint density at radius 3 is 2.62 bits per heavy atom. The van der Waals surface area contributed by atoms with Gasteiger partial charge in [-0.1, -0.05) is 0 Å². The van der Waals surface area contributed by atoms with Crippen molar-refractivity contribution >= 4 is 17.4 Å². The van der Waals surface area contributed by atoms with Gasteiger partial charge in [0.05, 0.1) is 5.69 Å². The number of hydrogen-bond acceptors (Lipinski definition) is 3. The van der Waals surface area contributed by atoms with Crippen LogP contribution in [-0.4, -0.2) is 32.0 Å². The Hall–Kier alpha value is -1.58. The van der Waals surface area contributed by atoms with Gasteiger partial charge in [0, 0.05) is 33.3 Å². The standard InChI is InChI=1S/C12H17N3O/c1-14(2)11-10(5-4-8-13-11)15(3)12(16)9-6-7-9/h4-5,8-9H,6-7H2,1-3H3. The van der Waals surface area contributed by atoms with E-state index in [2.05, 4.69) is 4.98 Å². The van der Waals surface area contributed by atoms with E-state index in [1.807, 2.05) is 38.2 Å². The van der Waals surface area contributed by atoms with Gasteiger partial charge >= 0.3 is 0 Å². The van der Waals surface area contributed by atoms with Gasteiger partial charge in [0.1, 0.15) is 0 Å². The number of rotatable bonds is 3. The van der Waals surface area contributed by atoms with Crippen LogP contribution in [0.5, 0.6) is 0 Å². The number of anilines is 2. The van der Waals surface area contributed by atoms with Crippen molar-refractivity contribution in [3.63, 3.8) is 0 Å². The lowest BCUT2D eigenvalue weighted by Crippen LogP contribution is -2.29. The normalized spacial score (nSPS) is 14.7. The molecule has 1 fully saturated rings. The third kappa shape index (κ3) is 2.01. The fourth-order valence-corrected chi connectivity index (χ4v) is 1.72. The summed E-state index contributed by atoms with van der Waals surface area (Å²) >= 11 is 0. The number of nitrogens with zero attached hydrogens (tertiary/aromatic N) is 3. The third-order valence-electron chi connectivity index (χ3n) is 2.81. The molecule has 0 aliphatic heterocycles. The first-order chi connectivity index (χ1) is 7.61. The van der Waals surface area contributed by atoms with E-state index in [9.17, 15) is 4.79 Å². The second-order valence-corrected chi connectivity index (χ2v) is 4.41. The van der Waals surface area contributed by atoms with Crippen LogP contribution in [0.1, 0.15) is 12.8 Å². The lowest BCUT2D eigenvalue weighted by molar-refractivity contribution is -0.119. The molecule has 0 unspecified atom stereocenters. The summed E-state index contributed by atoms with van der Waals surface area (Å²) in [5, 5.41) is 0. The minimum atomic E-state index is 0.205. The molecular weight excluding hydrogens is 202 g/mol. The van der Waals surface area contributed by atoms with Crippen LogP contribution in [0.4, 0.5) is 11.5 Å². The molecule has 86 valence electrons.